The zero-order chi connectivity index (χ0) is 16.0. The molecule has 1 aromatic carbocycles. The predicted molar refractivity (Wildman–Crippen MR) is 75.4 cm³/mol. The Bertz CT molecular complexity index is 444. The third-order valence-corrected chi connectivity index (χ3v) is 3.07. The molecule has 0 unspecified atom stereocenters. The van der Waals surface area contributed by atoms with E-state index in [1.54, 1.807) is 19.1 Å². The first-order valence-corrected chi connectivity index (χ1v) is 7.01. The van der Waals surface area contributed by atoms with Crippen molar-refractivity contribution in [2.75, 3.05) is 13.1 Å². The Balaban J connectivity index is 2.78. The van der Waals surface area contributed by atoms with E-state index in [0.29, 0.717) is 12.1 Å². The van der Waals surface area contributed by atoms with E-state index in [2.05, 4.69) is 5.32 Å². The summed E-state index contributed by atoms with van der Waals surface area (Å²) in [4.78, 5) is 1.18. The molecule has 1 rings (SSSR count). The monoisotopic (exact) mass is 306 g/mol. The van der Waals surface area contributed by atoms with Gasteiger partial charge in [-0.15, -0.1) is 0 Å². The highest BCUT2D eigenvalue weighted by Gasteiger charge is 2.30. The minimum Gasteiger partial charge on any atom is -0.310 e. The molecular formula is C15H22F4N2. The molecule has 0 amide bonds. The van der Waals surface area contributed by atoms with Gasteiger partial charge in [-0.3, -0.25) is 4.90 Å². The molecule has 0 aliphatic heterocycles. The van der Waals surface area contributed by atoms with Gasteiger partial charge >= 0.3 is 6.18 Å². The zero-order valence-corrected chi connectivity index (χ0v) is 12.6. The molecule has 2 nitrogen and oxygen atoms in total. The Kier molecular flexibility index (Phi) is 6.61. The van der Waals surface area contributed by atoms with Gasteiger partial charge in [0.25, 0.3) is 0 Å². The van der Waals surface area contributed by atoms with E-state index < -0.39 is 18.5 Å². The molecular weight excluding hydrogens is 284 g/mol. The van der Waals surface area contributed by atoms with Crippen molar-refractivity contribution >= 4 is 0 Å². The Morgan fingerprint density at radius 2 is 1.90 bits per heavy atom. The maximum absolute atomic E-state index is 13.8. The van der Waals surface area contributed by atoms with Crippen LogP contribution in [0.15, 0.2) is 18.2 Å². The van der Waals surface area contributed by atoms with Crippen LogP contribution in [0.1, 0.15) is 31.9 Å². The highest BCUT2D eigenvalue weighted by atomic mass is 19.4. The second kappa shape index (κ2) is 7.75. The summed E-state index contributed by atoms with van der Waals surface area (Å²) in [6.07, 6.45) is -4.27. The number of rotatable bonds is 7. The fourth-order valence-electron chi connectivity index (χ4n) is 1.96. The fourth-order valence-corrected chi connectivity index (χ4v) is 1.96. The van der Waals surface area contributed by atoms with E-state index >= 15 is 0 Å². The van der Waals surface area contributed by atoms with Crippen molar-refractivity contribution in [1.82, 2.24) is 10.2 Å². The lowest BCUT2D eigenvalue weighted by Gasteiger charge is -2.22. The van der Waals surface area contributed by atoms with Crippen molar-refractivity contribution in [3.63, 3.8) is 0 Å². The number of hydrogen-bond donors (Lipinski definition) is 1. The number of nitrogens with zero attached hydrogens (tertiary/aromatic N) is 1. The largest absolute Gasteiger partial charge is 0.401 e. The average molecular weight is 306 g/mol. The quantitative estimate of drug-likeness (QED) is 0.773. The average Bonchev–Trinajstić information content (AvgIpc) is 2.37. The molecule has 0 saturated heterocycles. The zero-order valence-electron chi connectivity index (χ0n) is 12.6. The molecule has 0 fully saturated rings. The summed E-state index contributed by atoms with van der Waals surface area (Å²) in [7, 11) is 0. The Morgan fingerprint density at radius 3 is 2.43 bits per heavy atom. The smallest absolute Gasteiger partial charge is 0.310 e. The lowest BCUT2D eigenvalue weighted by molar-refractivity contribution is -0.146. The van der Waals surface area contributed by atoms with Gasteiger partial charge in [-0.05, 0) is 18.2 Å². The van der Waals surface area contributed by atoms with Gasteiger partial charge in [-0.2, -0.15) is 13.2 Å². The van der Waals surface area contributed by atoms with Crippen LogP contribution in [0.4, 0.5) is 17.6 Å². The van der Waals surface area contributed by atoms with Gasteiger partial charge in [0, 0.05) is 24.7 Å². The normalized spacial score (nSPS) is 12.4. The van der Waals surface area contributed by atoms with E-state index in [1.807, 2.05) is 13.8 Å². The molecule has 0 aliphatic rings. The molecule has 1 N–H and O–H groups in total. The van der Waals surface area contributed by atoms with Crippen molar-refractivity contribution in [1.29, 1.82) is 0 Å². The van der Waals surface area contributed by atoms with Crippen LogP contribution in [0, 0.1) is 5.82 Å². The van der Waals surface area contributed by atoms with Crippen LogP contribution >= 0.6 is 0 Å². The first-order valence-electron chi connectivity index (χ1n) is 7.01. The molecule has 0 saturated carbocycles. The van der Waals surface area contributed by atoms with Crippen molar-refractivity contribution < 1.29 is 17.6 Å². The molecule has 0 aromatic heterocycles. The fraction of sp³-hybridized carbons (Fsp3) is 0.600. The van der Waals surface area contributed by atoms with Gasteiger partial charge < -0.3 is 5.32 Å². The highest BCUT2D eigenvalue weighted by Crippen LogP contribution is 2.19. The molecule has 0 spiro atoms. The van der Waals surface area contributed by atoms with Crippen molar-refractivity contribution in [2.24, 2.45) is 0 Å². The van der Waals surface area contributed by atoms with Gasteiger partial charge in [-0.25, -0.2) is 4.39 Å². The van der Waals surface area contributed by atoms with Gasteiger partial charge in [0.2, 0.25) is 0 Å². The van der Waals surface area contributed by atoms with Crippen LogP contribution in [-0.2, 0) is 13.1 Å². The first-order chi connectivity index (χ1) is 9.71. The molecule has 1 aromatic rings. The van der Waals surface area contributed by atoms with Crippen LogP contribution in [0.2, 0.25) is 0 Å². The maximum atomic E-state index is 13.8. The molecule has 120 valence electrons. The summed E-state index contributed by atoms with van der Waals surface area (Å²) in [6, 6.07) is 4.88. The van der Waals surface area contributed by atoms with Crippen LogP contribution < -0.4 is 5.32 Å². The molecule has 0 bridgehead atoms. The van der Waals surface area contributed by atoms with Crippen molar-refractivity contribution in [3.05, 3.63) is 35.1 Å². The molecule has 0 heterocycles. The molecule has 6 heteroatoms. The third kappa shape index (κ3) is 6.91. The lowest BCUT2D eigenvalue weighted by Crippen LogP contribution is -2.34. The number of nitrogens with one attached hydrogen (secondary N) is 1. The topological polar surface area (TPSA) is 15.3 Å². The Hall–Kier alpha value is -1.14. The van der Waals surface area contributed by atoms with E-state index in [1.165, 1.54) is 11.0 Å². The van der Waals surface area contributed by atoms with E-state index in [0.717, 1.165) is 5.56 Å². The van der Waals surface area contributed by atoms with Crippen molar-refractivity contribution in [3.8, 4) is 0 Å². The predicted octanol–water partition coefficient (Wildman–Crippen LogP) is 3.71. The Morgan fingerprint density at radius 1 is 1.24 bits per heavy atom. The summed E-state index contributed by atoms with van der Waals surface area (Å²) >= 11 is 0. The van der Waals surface area contributed by atoms with E-state index in [-0.39, 0.29) is 19.1 Å². The van der Waals surface area contributed by atoms with Gasteiger partial charge in [0.15, 0.2) is 0 Å². The molecule has 0 aliphatic carbocycles. The van der Waals surface area contributed by atoms with Gasteiger partial charge in [0.05, 0.1) is 6.54 Å². The second-order valence-corrected chi connectivity index (χ2v) is 5.38. The lowest BCUT2D eigenvalue weighted by atomic mass is 10.1. The van der Waals surface area contributed by atoms with Gasteiger partial charge in [0.1, 0.15) is 5.82 Å². The minimum atomic E-state index is -4.27. The highest BCUT2D eigenvalue weighted by molar-refractivity contribution is 5.25. The summed E-state index contributed by atoms with van der Waals surface area (Å²) in [5.41, 5.74) is 1.16. The second-order valence-electron chi connectivity index (χ2n) is 5.38. The van der Waals surface area contributed by atoms with Crippen molar-refractivity contribution in [2.45, 2.75) is 46.1 Å². The summed E-state index contributed by atoms with van der Waals surface area (Å²) in [6.45, 7) is 5.32. The third-order valence-electron chi connectivity index (χ3n) is 3.07. The molecule has 0 atom stereocenters. The number of alkyl halides is 3. The minimum absolute atomic E-state index is 0.0443. The summed E-state index contributed by atoms with van der Waals surface area (Å²) in [5, 5.41) is 3.20. The number of halogens is 4. The van der Waals surface area contributed by atoms with Crippen LogP contribution in [0.5, 0.6) is 0 Å². The maximum Gasteiger partial charge on any atom is 0.401 e. The summed E-state index contributed by atoms with van der Waals surface area (Å²) < 4.78 is 51.1. The van der Waals surface area contributed by atoms with Crippen LogP contribution in [0.3, 0.4) is 0 Å². The van der Waals surface area contributed by atoms with Crippen LogP contribution in [0.25, 0.3) is 0 Å². The first kappa shape index (κ1) is 17.9. The SMILES string of the molecule is CCN(Cc1cc(CNC(C)C)ccc1F)CC(F)(F)F. The van der Waals surface area contributed by atoms with E-state index in [4.69, 9.17) is 0 Å². The number of benzene rings is 1. The number of hydrogen-bond acceptors (Lipinski definition) is 2. The molecule has 0 radical (unpaired) electrons. The standard InChI is InChI=1S/C15H22F4N2/c1-4-21(10-15(17,18)19)9-13-7-12(5-6-14(13)16)8-20-11(2)3/h5-7,11,20H,4,8-10H2,1-3H3. The summed E-state index contributed by atoms with van der Waals surface area (Å²) in [5.74, 6) is -0.469. The van der Waals surface area contributed by atoms with Gasteiger partial charge in [-0.1, -0.05) is 32.9 Å². The van der Waals surface area contributed by atoms with E-state index in [9.17, 15) is 17.6 Å². The van der Waals surface area contributed by atoms with Crippen LogP contribution in [-0.4, -0.2) is 30.2 Å². The Labute approximate surface area is 123 Å². The molecule has 21 heavy (non-hydrogen) atoms.